The van der Waals surface area contributed by atoms with Crippen LogP contribution in [0.25, 0.3) is 0 Å². The Labute approximate surface area is 152 Å². The molecular weight excluding hydrogens is 340 g/mol. The topological polar surface area (TPSA) is 63.6 Å². The zero-order chi connectivity index (χ0) is 18.0. The lowest BCUT2D eigenvalue weighted by Gasteiger charge is -2.19. The lowest BCUT2D eigenvalue weighted by atomic mass is 10.1. The molecule has 1 saturated heterocycles. The first-order chi connectivity index (χ1) is 12.0. The van der Waals surface area contributed by atoms with Gasteiger partial charge in [0.05, 0.1) is 24.8 Å². The summed E-state index contributed by atoms with van der Waals surface area (Å²) in [7, 11) is 0. The third kappa shape index (κ3) is 4.06. The van der Waals surface area contributed by atoms with Crippen LogP contribution < -0.4 is 10.1 Å². The van der Waals surface area contributed by atoms with Crippen molar-refractivity contribution in [3.05, 3.63) is 45.6 Å². The fraction of sp³-hybridized carbons (Fsp3) is 0.421. The minimum absolute atomic E-state index is 0.162. The Morgan fingerprint density at radius 2 is 2.00 bits per heavy atom. The first kappa shape index (κ1) is 18.0. The van der Waals surface area contributed by atoms with Crippen molar-refractivity contribution < 1.29 is 14.6 Å². The quantitative estimate of drug-likeness (QED) is 0.836. The largest absolute Gasteiger partial charge is 0.438 e. The third-order valence-corrected chi connectivity index (χ3v) is 4.50. The summed E-state index contributed by atoms with van der Waals surface area (Å²) in [6.07, 6.45) is 0.942. The van der Waals surface area contributed by atoms with Gasteiger partial charge in [0.1, 0.15) is 5.75 Å². The minimum Gasteiger partial charge on any atom is -0.438 e. The Bertz CT molecular complexity index is 750. The van der Waals surface area contributed by atoms with Crippen LogP contribution in [0.4, 0.5) is 5.69 Å². The van der Waals surface area contributed by atoms with E-state index in [0.29, 0.717) is 28.8 Å². The molecule has 1 aliphatic rings. The number of nitrogens with zero attached hydrogens (tertiary/aromatic N) is 1. The van der Waals surface area contributed by atoms with Crippen LogP contribution in [-0.2, 0) is 11.3 Å². The summed E-state index contributed by atoms with van der Waals surface area (Å²) in [6, 6.07) is 5.87. The maximum absolute atomic E-state index is 9.91. The first-order valence-corrected chi connectivity index (χ1v) is 8.76. The molecule has 25 heavy (non-hydrogen) atoms. The molecule has 2 aromatic rings. The van der Waals surface area contributed by atoms with E-state index in [0.717, 1.165) is 35.5 Å². The number of nitrogens with one attached hydrogen (secondary N) is 1. The standard InChI is InChI=1S/C19H23ClN2O3/c1-11-6-14(20)7-12(2)18(11)25-19-16(9-23)17(8-13(3)21-19)22-15-4-5-24-10-15/h6-8,15,23H,4-5,9-10H2,1-3H3,(H,21,22). The maximum Gasteiger partial charge on any atom is 0.227 e. The number of aromatic nitrogens is 1. The number of ether oxygens (including phenoxy) is 2. The van der Waals surface area contributed by atoms with E-state index in [1.807, 2.05) is 39.0 Å². The molecule has 3 rings (SSSR count). The Kier molecular flexibility index (Phi) is 5.47. The SMILES string of the molecule is Cc1cc(NC2CCOC2)c(CO)c(Oc2c(C)cc(Cl)cc2C)n1. The van der Waals surface area contributed by atoms with Crippen LogP contribution in [0.15, 0.2) is 18.2 Å². The Balaban J connectivity index is 1.96. The zero-order valence-corrected chi connectivity index (χ0v) is 15.5. The smallest absolute Gasteiger partial charge is 0.227 e. The second-order valence-electron chi connectivity index (χ2n) is 6.43. The zero-order valence-electron chi connectivity index (χ0n) is 14.7. The van der Waals surface area contributed by atoms with Crippen molar-refractivity contribution in [1.29, 1.82) is 0 Å². The molecule has 1 aromatic heterocycles. The molecule has 0 amide bonds. The summed E-state index contributed by atoms with van der Waals surface area (Å²) in [5, 5.41) is 14.0. The molecule has 1 aliphatic heterocycles. The first-order valence-electron chi connectivity index (χ1n) is 8.38. The predicted octanol–water partition coefficient (Wildman–Crippen LogP) is 4.15. The molecule has 6 heteroatoms. The molecule has 2 N–H and O–H groups in total. The highest BCUT2D eigenvalue weighted by atomic mass is 35.5. The van der Waals surface area contributed by atoms with Gasteiger partial charge in [0.15, 0.2) is 0 Å². The molecule has 1 fully saturated rings. The third-order valence-electron chi connectivity index (χ3n) is 4.29. The van der Waals surface area contributed by atoms with Crippen molar-refractivity contribution in [3.63, 3.8) is 0 Å². The van der Waals surface area contributed by atoms with Crippen molar-refractivity contribution in [2.75, 3.05) is 18.5 Å². The summed E-state index contributed by atoms with van der Waals surface area (Å²) < 4.78 is 11.5. The van der Waals surface area contributed by atoms with E-state index < -0.39 is 0 Å². The van der Waals surface area contributed by atoms with Crippen molar-refractivity contribution >= 4 is 17.3 Å². The van der Waals surface area contributed by atoms with Crippen LogP contribution in [0.1, 0.15) is 28.8 Å². The van der Waals surface area contributed by atoms with E-state index >= 15 is 0 Å². The normalized spacial score (nSPS) is 16.9. The van der Waals surface area contributed by atoms with Gasteiger partial charge in [-0.05, 0) is 56.5 Å². The van der Waals surface area contributed by atoms with Crippen molar-refractivity contribution in [2.24, 2.45) is 0 Å². The molecule has 0 saturated carbocycles. The van der Waals surface area contributed by atoms with Crippen LogP contribution >= 0.6 is 11.6 Å². The van der Waals surface area contributed by atoms with Crippen molar-refractivity contribution in [1.82, 2.24) is 4.98 Å². The lowest BCUT2D eigenvalue weighted by molar-refractivity contribution is 0.195. The van der Waals surface area contributed by atoms with Crippen LogP contribution in [0.3, 0.4) is 0 Å². The number of hydrogen-bond donors (Lipinski definition) is 2. The van der Waals surface area contributed by atoms with E-state index in [1.54, 1.807) is 0 Å². The number of hydrogen-bond acceptors (Lipinski definition) is 5. The van der Waals surface area contributed by atoms with E-state index in [-0.39, 0.29) is 12.6 Å². The number of halogens is 1. The van der Waals surface area contributed by atoms with E-state index in [9.17, 15) is 5.11 Å². The molecule has 0 spiro atoms. The molecule has 134 valence electrons. The molecule has 2 heterocycles. The van der Waals surface area contributed by atoms with Gasteiger partial charge in [-0.15, -0.1) is 0 Å². The van der Waals surface area contributed by atoms with E-state index in [4.69, 9.17) is 21.1 Å². The number of rotatable bonds is 5. The lowest BCUT2D eigenvalue weighted by Crippen LogP contribution is -2.20. The molecule has 0 bridgehead atoms. The van der Waals surface area contributed by atoms with Gasteiger partial charge in [-0.25, -0.2) is 4.98 Å². The highest BCUT2D eigenvalue weighted by Crippen LogP contribution is 2.35. The summed E-state index contributed by atoms with van der Waals surface area (Å²) in [5.74, 6) is 1.13. The number of anilines is 1. The monoisotopic (exact) mass is 362 g/mol. The Morgan fingerprint density at radius 1 is 1.28 bits per heavy atom. The number of pyridine rings is 1. The Hall–Kier alpha value is -1.82. The molecule has 0 radical (unpaired) electrons. The molecule has 1 unspecified atom stereocenters. The van der Waals surface area contributed by atoms with E-state index in [1.165, 1.54) is 0 Å². The average Bonchev–Trinajstić information content (AvgIpc) is 3.03. The van der Waals surface area contributed by atoms with Crippen LogP contribution in [0.5, 0.6) is 11.6 Å². The highest BCUT2D eigenvalue weighted by molar-refractivity contribution is 6.30. The van der Waals surface area contributed by atoms with Gasteiger partial charge < -0.3 is 19.9 Å². The number of aryl methyl sites for hydroxylation is 3. The van der Waals surface area contributed by atoms with Gasteiger partial charge in [-0.3, -0.25) is 0 Å². The summed E-state index contributed by atoms with van der Waals surface area (Å²) in [4.78, 5) is 4.49. The van der Waals surface area contributed by atoms with Gasteiger partial charge in [0.2, 0.25) is 5.88 Å². The van der Waals surface area contributed by atoms with Gasteiger partial charge >= 0.3 is 0 Å². The molecule has 1 aromatic carbocycles. The van der Waals surface area contributed by atoms with Crippen LogP contribution in [-0.4, -0.2) is 29.3 Å². The minimum atomic E-state index is -0.162. The Morgan fingerprint density at radius 3 is 2.60 bits per heavy atom. The van der Waals surface area contributed by atoms with Crippen LogP contribution in [0, 0.1) is 20.8 Å². The second kappa shape index (κ2) is 7.60. The van der Waals surface area contributed by atoms with E-state index in [2.05, 4.69) is 10.3 Å². The molecule has 0 aliphatic carbocycles. The van der Waals surface area contributed by atoms with Gasteiger partial charge in [-0.2, -0.15) is 0 Å². The summed E-state index contributed by atoms with van der Waals surface area (Å²) in [6.45, 7) is 7.05. The maximum atomic E-state index is 9.91. The number of benzene rings is 1. The number of aliphatic hydroxyl groups excluding tert-OH is 1. The van der Waals surface area contributed by atoms with Gasteiger partial charge in [0, 0.05) is 23.0 Å². The second-order valence-corrected chi connectivity index (χ2v) is 6.87. The summed E-state index contributed by atoms with van der Waals surface area (Å²) in [5.41, 5.74) is 4.15. The average molecular weight is 363 g/mol. The van der Waals surface area contributed by atoms with Crippen LogP contribution in [0.2, 0.25) is 5.02 Å². The number of aliphatic hydroxyl groups is 1. The van der Waals surface area contributed by atoms with Crippen molar-refractivity contribution in [3.8, 4) is 11.6 Å². The summed E-state index contributed by atoms with van der Waals surface area (Å²) >= 11 is 6.10. The molecular formula is C19H23ClN2O3. The fourth-order valence-electron chi connectivity index (χ4n) is 3.06. The van der Waals surface area contributed by atoms with Crippen molar-refractivity contribution in [2.45, 2.75) is 39.8 Å². The molecule has 1 atom stereocenters. The predicted molar refractivity (Wildman–Crippen MR) is 98.7 cm³/mol. The highest BCUT2D eigenvalue weighted by Gasteiger charge is 2.20. The fourth-order valence-corrected chi connectivity index (χ4v) is 3.39. The molecule has 5 nitrogen and oxygen atoms in total. The van der Waals surface area contributed by atoms with Gasteiger partial charge in [0.25, 0.3) is 0 Å². The van der Waals surface area contributed by atoms with Gasteiger partial charge in [-0.1, -0.05) is 11.6 Å².